The molecule has 0 aliphatic heterocycles. The first kappa shape index (κ1) is 17.0. The minimum absolute atomic E-state index is 0.154. The van der Waals surface area contributed by atoms with Gasteiger partial charge in [-0.05, 0) is 24.3 Å². The van der Waals surface area contributed by atoms with Crippen molar-refractivity contribution < 1.29 is 19.5 Å². The second-order valence-corrected chi connectivity index (χ2v) is 5.88. The maximum absolute atomic E-state index is 11.9. The van der Waals surface area contributed by atoms with Crippen molar-refractivity contribution in [3.05, 3.63) is 35.9 Å². The van der Waals surface area contributed by atoms with Crippen molar-refractivity contribution in [2.75, 3.05) is 6.54 Å². The predicted molar refractivity (Wildman–Crippen MR) is 84.5 cm³/mol. The molecule has 0 radical (unpaired) electrons. The summed E-state index contributed by atoms with van der Waals surface area (Å²) in [6, 6.07) is 7.35. The van der Waals surface area contributed by atoms with Crippen molar-refractivity contribution in [2.45, 2.75) is 38.1 Å². The average molecular weight is 318 g/mol. The molecule has 0 aromatic heterocycles. The molecule has 2 amide bonds. The molecule has 6 heteroatoms. The van der Waals surface area contributed by atoms with Crippen LogP contribution in [0.5, 0.6) is 0 Å². The molecule has 1 fully saturated rings. The SMILES string of the molecule is O=C(CC1CCCC1)NCC(=O)N[C@@H](C(=O)O)c1ccccc1. The molecule has 1 aromatic rings. The van der Waals surface area contributed by atoms with Crippen LogP contribution in [-0.4, -0.2) is 29.4 Å². The third-order valence-corrected chi connectivity index (χ3v) is 4.08. The number of aliphatic carboxylic acids is 1. The Hall–Kier alpha value is -2.37. The van der Waals surface area contributed by atoms with Gasteiger partial charge in [-0.3, -0.25) is 9.59 Å². The van der Waals surface area contributed by atoms with Gasteiger partial charge < -0.3 is 15.7 Å². The zero-order valence-corrected chi connectivity index (χ0v) is 13.0. The highest BCUT2D eigenvalue weighted by Crippen LogP contribution is 2.27. The van der Waals surface area contributed by atoms with Crippen LogP contribution < -0.4 is 10.6 Å². The lowest BCUT2D eigenvalue weighted by molar-refractivity contribution is -0.141. The average Bonchev–Trinajstić information content (AvgIpc) is 3.04. The topological polar surface area (TPSA) is 95.5 Å². The quantitative estimate of drug-likeness (QED) is 0.712. The lowest BCUT2D eigenvalue weighted by Crippen LogP contribution is -2.41. The molecular formula is C17H22N2O4. The Labute approximate surface area is 135 Å². The number of nitrogens with one attached hydrogen (secondary N) is 2. The van der Waals surface area contributed by atoms with Crippen molar-refractivity contribution >= 4 is 17.8 Å². The summed E-state index contributed by atoms with van der Waals surface area (Å²) in [6.07, 6.45) is 4.89. The lowest BCUT2D eigenvalue weighted by Gasteiger charge is -2.15. The molecule has 1 aliphatic rings. The number of carbonyl (C=O) groups excluding carboxylic acids is 2. The molecule has 23 heavy (non-hydrogen) atoms. The fourth-order valence-corrected chi connectivity index (χ4v) is 2.87. The number of amides is 2. The largest absolute Gasteiger partial charge is 0.479 e. The third kappa shape index (κ3) is 5.39. The fraction of sp³-hybridized carbons (Fsp3) is 0.471. The van der Waals surface area contributed by atoms with Gasteiger partial charge in [0.05, 0.1) is 6.54 Å². The van der Waals surface area contributed by atoms with Gasteiger partial charge in [0.2, 0.25) is 11.8 Å². The normalized spacial score (nSPS) is 15.8. The van der Waals surface area contributed by atoms with Crippen molar-refractivity contribution in [1.82, 2.24) is 10.6 Å². The van der Waals surface area contributed by atoms with E-state index < -0.39 is 17.9 Å². The Morgan fingerprint density at radius 1 is 1.09 bits per heavy atom. The third-order valence-electron chi connectivity index (χ3n) is 4.08. The Balaban J connectivity index is 1.80. The Morgan fingerprint density at radius 2 is 1.74 bits per heavy atom. The minimum Gasteiger partial charge on any atom is -0.479 e. The summed E-state index contributed by atoms with van der Waals surface area (Å²) < 4.78 is 0. The van der Waals surface area contributed by atoms with Crippen molar-refractivity contribution in [1.29, 1.82) is 0 Å². The first-order chi connectivity index (χ1) is 11.1. The zero-order valence-electron chi connectivity index (χ0n) is 13.0. The molecule has 0 saturated heterocycles. The molecule has 3 N–H and O–H groups in total. The standard InChI is InChI=1S/C17H22N2O4/c20-14(10-12-6-4-5-7-12)18-11-15(21)19-16(17(22)23)13-8-2-1-3-9-13/h1-3,8-9,12,16H,4-7,10-11H2,(H,18,20)(H,19,21)(H,22,23)/t16-/m1/s1. The minimum atomic E-state index is -1.14. The van der Waals surface area contributed by atoms with E-state index in [0.29, 0.717) is 17.9 Å². The second kappa shape index (κ2) is 8.31. The van der Waals surface area contributed by atoms with E-state index in [-0.39, 0.29) is 12.5 Å². The molecule has 0 unspecified atom stereocenters. The van der Waals surface area contributed by atoms with Crippen LogP contribution in [0.25, 0.3) is 0 Å². The van der Waals surface area contributed by atoms with Gasteiger partial charge in [0.15, 0.2) is 6.04 Å². The molecule has 0 spiro atoms. The van der Waals surface area contributed by atoms with Crippen molar-refractivity contribution in [2.24, 2.45) is 5.92 Å². The lowest BCUT2D eigenvalue weighted by atomic mass is 10.0. The van der Waals surface area contributed by atoms with E-state index in [4.69, 9.17) is 0 Å². The monoisotopic (exact) mass is 318 g/mol. The van der Waals surface area contributed by atoms with Crippen LogP contribution in [0.4, 0.5) is 0 Å². The van der Waals surface area contributed by atoms with Crippen molar-refractivity contribution in [3.8, 4) is 0 Å². The fourth-order valence-electron chi connectivity index (χ4n) is 2.87. The van der Waals surface area contributed by atoms with Crippen LogP contribution in [0, 0.1) is 5.92 Å². The summed E-state index contributed by atoms with van der Waals surface area (Å²) >= 11 is 0. The maximum Gasteiger partial charge on any atom is 0.330 e. The predicted octanol–water partition coefficient (Wildman–Crippen LogP) is 1.62. The van der Waals surface area contributed by atoms with Gasteiger partial charge in [0.25, 0.3) is 0 Å². The number of rotatable bonds is 7. The highest BCUT2D eigenvalue weighted by atomic mass is 16.4. The van der Waals surface area contributed by atoms with E-state index >= 15 is 0 Å². The molecule has 2 rings (SSSR count). The van der Waals surface area contributed by atoms with Crippen LogP contribution in [-0.2, 0) is 14.4 Å². The van der Waals surface area contributed by atoms with E-state index in [2.05, 4.69) is 10.6 Å². The number of carboxylic acid groups (broad SMARTS) is 1. The molecular weight excluding hydrogens is 296 g/mol. The molecule has 1 atom stereocenters. The number of carbonyl (C=O) groups is 3. The van der Waals surface area contributed by atoms with E-state index in [1.807, 2.05) is 0 Å². The highest BCUT2D eigenvalue weighted by Gasteiger charge is 2.22. The molecule has 1 aliphatic carbocycles. The Bertz CT molecular complexity index is 553. The van der Waals surface area contributed by atoms with Gasteiger partial charge in [-0.25, -0.2) is 4.79 Å². The van der Waals surface area contributed by atoms with Crippen LogP contribution in [0.15, 0.2) is 30.3 Å². The van der Waals surface area contributed by atoms with E-state index in [1.54, 1.807) is 30.3 Å². The van der Waals surface area contributed by atoms with Gasteiger partial charge in [-0.15, -0.1) is 0 Å². The molecule has 1 saturated carbocycles. The number of benzene rings is 1. The summed E-state index contributed by atoms with van der Waals surface area (Å²) in [5.74, 6) is -1.39. The number of hydrogen-bond acceptors (Lipinski definition) is 3. The van der Waals surface area contributed by atoms with E-state index in [1.165, 1.54) is 0 Å². The van der Waals surface area contributed by atoms with Crippen molar-refractivity contribution in [3.63, 3.8) is 0 Å². The van der Waals surface area contributed by atoms with Gasteiger partial charge >= 0.3 is 5.97 Å². The summed E-state index contributed by atoms with van der Waals surface area (Å²) in [6.45, 7) is -0.206. The molecule has 124 valence electrons. The summed E-state index contributed by atoms with van der Waals surface area (Å²) in [4.78, 5) is 35.0. The van der Waals surface area contributed by atoms with Crippen LogP contribution in [0.2, 0.25) is 0 Å². The number of hydrogen-bond donors (Lipinski definition) is 3. The Kier molecular flexibility index (Phi) is 6.14. The Morgan fingerprint density at radius 3 is 2.35 bits per heavy atom. The first-order valence-corrected chi connectivity index (χ1v) is 7.90. The highest BCUT2D eigenvalue weighted by molar-refractivity contribution is 5.88. The molecule has 6 nitrogen and oxygen atoms in total. The molecule has 1 aromatic carbocycles. The van der Waals surface area contributed by atoms with Crippen LogP contribution >= 0.6 is 0 Å². The van der Waals surface area contributed by atoms with Gasteiger partial charge in [0, 0.05) is 6.42 Å². The molecule has 0 bridgehead atoms. The zero-order chi connectivity index (χ0) is 16.7. The summed E-state index contributed by atoms with van der Waals surface area (Å²) in [7, 11) is 0. The summed E-state index contributed by atoms with van der Waals surface area (Å²) in [5.41, 5.74) is 0.491. The smallest absolute Gasteiger partial charge is 0.330 e. The summed E-state index contributed by atoms with van der Waals surface area (Å²) in [5, 5.41) is 14.2. The van der Waals surface area contributed by atoms with Gasteiger partial charge in [0.1, 0.15) is 0 Å². The molecule has 0 heterocycles. The van der Waals surface area contributed by atoms with Gasteiger partial charge in [-0.1, -0.05) is 43.2 Å². The first-order valence-electron chi connectivity index (χ1n) is 7.90. The van der Waals surface area contributed by atoms with Crippen LogP contribution in [0.1, 0.15) is 43.7 Å². The maximum atomic E-state index is 11.9. The van der Waals surface area contributed by atoms with E-state index in [0.717, 1.165) is 25.7 Å². The number of carboxylic acids is 1. The van der Waals surface area contributed by atoms with Crippen LogP contribution in [0.3, 0.4) is 0 Å². The second-order valence-electron chi connectivity index (χ2n) is 5.88. The van der Waals surface area contributed by atoms with E-state index in [9.17, 15) is 19.5 Å². The van der Waals surface area contributed by atoms with Gasteiger partial charge in [-0.2, -0.15) is 0 Å².